The topological polar surface area (TPSA) is 40.5 Å². The number of carbonyl (C=O) groups excluding carboxylic acids is 1. The Hall–Kier alpha value is -1.20. The second-order valence-electron chi connectivity index (χ2n) is 6.79. The van der Waals surface area contributed by atoms with Crippen LogP contribution in [0.25, 0.3) is 0 Å². The summed E-state index contributed by atoms with van der Waals surface area (Å²) in [7, 11) is 0. The number of hydrogen-bond donors (Lipinski definition) is 1. The molecule has 3 nitrogen and oxygen atoms in total. The van der Waals surface area contributed by atoms with E-state index in [9.17, 15) is 18.7 Å². The summed E-state index contributed by atoms with van der Waals surface area (Å²) >= 11 is 5.92. The Morgan fingerprint density at radius 2 is 2.00 bits per heavy atom. The number of amides is 1. The van der Waals surface area contributed by atoms with Crippen molar-refractivity contribution in [2.75, 3.05) is 0 Å². The minimum Gasteiger partial charge on any atom is -0.389 e. The van der Waals surface area contributed by atoms with Gasteiger partial charge in [-0.2, -0.15) is 0 Å². The molecule has 2 heterocycles. The monoisotopic (exact) mass is 343 g/mol. The van der Waals surface area contributed by atoms with E-state index in [1.165, 1.54) is 12.1 Å². The lowest BCUT2D eigenvalue weighted by molar-refractivity contribution is -0.140. The molecule has 2 fully saturated rings. The number of alkyl halides is 1. The highest BCUT2D eigenvalue weighted by molar-refractivity contribution is 6.30. The minimum absolute atomic E-state index is 0.0593. The number of nitrogens with zero attached hydrogens (tertiary/aromatic N) is 1. The predicted octanol–water partition coefficient (Wildman–Crippen LogP) is 3.02. The molecule has 3 rings (SSSR count). The molecule has 3 unspecified atom stereocenters. The van der Waals surface area contributed by atoms with Crippen LogP contribution in [0.1, 0.15) is 38.2 Å². The molecule has 6 heteroatoms. The third-order valence-electron chi connectivity index (χ3n) is 4.98. The number of carbonyl (C=O) groups is 1. The number of benzene rings is 1. The Morgan fingerprint density at radius 3 is 2.52 bits per heavy atom. The lowest BCUT2D eigenvalue weighted by Crippen LogP contribution is -2.55. The fraction of sp³-hybridized carbons (Fsp3) is 0.588. The molecule has 1 amide bonds. The molecule has 0 saturated carbocycles. The van der Waals surface area contributed by atoms with Crippen molar-refractivity contribution in [3.8, 4) is 0 Å². The zero-order chi connectivity index (χ0) is 16.8. The van der Waals surface area contributed by atoms with Crippen molar-refractivity contribution in [1.29, 1.82) is 0 Å². The van der Waals surface area contributed by atoms with Crippen LogP contribution in [0.5, 0.6) is 0 Å². The third-order valence-corrected chi connectivity index (χ3v) is 5.17. The second kappa shape index (κ2) is 6.02. The lowest BCUT2D eigenvalue weighted by atomic mass is 9.81. The summed E-state index contributed by atoms with van der Waals surface area (Å²) in [4.78, 5) is 14.0. The van der Waals surface area contributed by atoms with E-state index in [4.69, 9.17) is 11.6 Å². The second-order valence-corrected chi connectivity index (χ2v) is 7.45. The molecule has 2 aliphatic heterocycles. The maximum atomic E-state index is 13.9. The molecule has 23 heavy (non-hydrogen) atoms. The fourth-order valence-corrected chi connectivity index (χ4v) is 4.16. The summed E-state index contributed by atoms with van der Waals surface area (Å²) in [6.07, 6.45) is 2.58. The standard InChI is InChI=1S/C17H20ClF2NO2/c1-10(18)16(22)21-13-4-5-14(21)9-17(23,8-13)7-11-2-3-12(19)6-15(11)20/h2-3,6,10,13-14,23H,4-5,7-9H2,1H3. The molecule has 0 radical (unpaired) electrons. The normalized spacial score (nSPS) is 31.3. The van der Waals surface area contributed by atoms with Crippen molar-refractivity contribution >= 4 is 17.5 Å². The SMILES string of the molecule is CC(Cl)C(=O)N1C2CCC1CC(O)(Cc1ccc(F)cc1F)C2. The maximum absolute atomic E-state index is 13.9. The first-order chi connectivity index (χ1) is 10.8. The molecule has 1 aromatic rings. The van der Waals surface area contributed by atoms with Crippen molar-refractivity contribution in [3.63, 3.8) is 0 Å². The quantitative estimate of drug-likeness (QED) is 0.857. The molecule has 2 bridgehead atoms. The third kappa shape index (κ3) is 3.22. The van der Waals surface area contributed by atoms with Crippen molar-refractivity contribution in [2.45, 2.75) is 62.1 Å². The van der Waals surface area contributed by atoms with Crippen LogP contribution in [0.4, 0.5) is 8.78 Å². The lowest BCUT2D eigenvalue weighted by Gasteiger charge is -2.44. The van der Waals surface area contributed by atoms with Gasteiger partial charge in [0.25, 0.3) is 0 Å². The molecule has 1 aromatic carbocycles. The maximum Gasteiger partial charge on any atom is 0.240 e. The Balaban J connectivity index is 1.77. The highest BCUT2D eigenvalue weighted by Gasteiger charge is 2.49. The Kier molecular flexibility index (Phi) is 4.36. The predicted molar refractivity (Wildman–Crippen MR) is 83.2 cm³/mol. The summed E-state index contributed by atoms with van der Waals surface area (Å²) in [5.41, 5.74) is -0.768. The van der Waals surface area contributed by atoms with E-state index in [2.05, 4.69) is 0 Å². The molecular formula is C17H20ClF2NO2. The van der Waals surface area contributed by atoms with Gasteiger partial charge < -0.3 is 10.0 Å². The van der Waals surface area contributed by atoms with Gasteiger partial charge in [-0.25, -0.2) is 8.78 Å². The minimum atomic E-state index is -1.07. The van der Waals surface area contributed by atoms with Gasteiger partial charge in [-0.05, 0) is 44.2 Å². The van der Waals surface area contributed by atoms with Crippen LogP contribution >= 0.6 is 11.6 Å². The summed E-state index contributed by atoms with van der Waals surface area (Å²) in [6.45, 7) is 1.65. The van der Waals surface area contributed by atoms with Gasteiger partial charge in [0.05, 0.1) is 5.60 Å². The van der Waals surface area contributed by atoms with E-state index in [1.54, 1.807) is 11.8 Å². The van der Waals surface area contributed by atoms with Crippen molar-refractivity contribution in [2.24, 2.45) is 0 Å². The van der Waals surface area contributed by atoms with Crippen LogP contribution in [0.15, 0.2) is 18.2 Å². The smallest absolute Gasteiger partial charge is 0.240 e. The number of halogens is 3. The molecule has 2 aliphatic rings. The van der Waals surface area contributed by atoms with Gasteiger partial charge in [0.1, 0.15) is 17.0 Å². The first-order valence-electron chi connectivity index (χ1n) is 7.92. The summed E-state index contributed by atoms with van der Waals surface area (Å²) in [5, 5.41) is 10.3. The Labute approximate surface area is 139 Å². The molecule has 0 aromatic heterocycles. The average Bonchev–Trinajstić information content (AvgIpc) is 2.74. The van der Waals surface area contributed by atoms with Crippen LogP contribution in [-0.4, -0.2) is 39.0 Å². The van der Waals surface area contributed by atoms with E-state index >= 15 is 0 Å². The summed E-state index contributed by atoms with van der Waals surface area (Å²) < 4.78 is 26.9. The van der Waals surface area contributed by atoms with Gasteiger partial charge >= 0.3 is 0 Å². The zero-order valence-electron chi connectivity index (χ0n) is 12.9. The fourth-order valence-electron chi connectivity index (χ4n) is 4.05. The van der Waals surface area contributed by atoms with Gasteiger partial charge in [0.15, 0.2) is 0 Å². The van der Waals surface area contributed by atoms with E-state index < -0.39 is 22.6 Å². The Morgan fingerprint density at radius 1 is 1.39 bits per heavy atom. The zero-order valence-corrected chi connectivity index (χ0v) is 13.7. The average molecular weight is 344 g/mol. The van der Waals surface area contributed by atoms with E-state index in [0.29, 0.717) is 18.4 Å². The van der Waals surface area contributed by atoms with Crippen LogP contribution in [0.2, 0.25) is 0 Å². The van der Waals surface area contributed by atoms with Crippen molar-refractivity contribution in [3.05, 3.63) is 35.4 Å². The highest BCUT2D eigenvalue weighted by atomic mass is 35.5. The highest BCUT2D eigenvalue weighted by Crippen LogP contribution is 2.43. The molecule has 2 saturated heterocycles. The first-order valence-corrected chi connectivity index (χ1v) is 8.35. The van der Waals surface area contributed by atoms with Crippen LogP contribution in [0, 0.1) is 11.6 Å². The number of rotatable bonds is 3. The van der Waals surface area contributed by atoms with E-state index in [-0.39, 0.29) is 24.4 Å². The summed E-state index contributed by atoms with van der Waals surface area (Å²) in [6, 6.07) is 3.29. The van der Waals surface area contributed by atoms with Crippen molar-refractivity contribution < 1.29 is 18.7 Å². The van der Waals surface area contributed by atoms with Crippen LogP contribution < -0.4 is 0 Å². The van der Waals surface area contributed by atoms with Gasteiger partial charge in [-0.3, -0.25) is 4.79 Å². The first kappa shape index (κ1) is 16.7. The van der Waals surface area contributed by atoms with E-state index in [0.717, 1.165) is 18.9 Å². The van der Waals surface area contributed by atoms with Crippen molar-refractivity contribution in [1.82, 2.24) is 4.90 Å². The number of piperidine rings is 1. The van der Waals surface area contributed by atoms with Crippen LogP contribution in [-0.2, 0) is 11.2 Å². The number of aliphatic hydroxyl groups is 1. The Bertz CT molecular complexity index is 609. The largest absolute Gasteiger partial charge is 0.389 e. The summed E-state index contributed by atoms with van der Waals surface area (Å²) in [5.74, 6) is -1.37. The molecule has 3 atom stereocenters. The van der Waals surface area contributed by atoms with Gasteiger partial charge in [-0.15, -0.1) is 11.6 Å². The molecule has 0 aliphatic carbocycles. The van der Waals surface area contributed by atoms with Gasteiger partial charge in [0.2, 0.25) is 5.91 Å². The molecule has 1 N–H and O–H groups in total. The van der Waals surface area contributed by atoms with E-state index in [1.807, 2.05) is 0 Å². The molecule has 0 spiro atoms. The van der Waals surface area contributed by atoms with Crippen LogP contribution in [0.3, 0.4) is 0 Å². The van der Waals surface area contributed by atoms with Gasteiger partial charge in [-0.1, -0.05) is 6.07 Å². The van der Waals surface area contributed by atoms with Gasteiger partial charge in [0, 0.05) is 24.6 Å². The molecule has 126 valence electrons. The number of hydrogen-bond acceptors (Lipinski definition) is 2. The molecular weight excluding hydrogens is 324 g/mol. The number of fused-ring (bicyclic) bond motifs is 2.